The first-order chi connectivity index (χ1) is 12.7. The Balaban J connectivity index is 1.32. The van der Waals surface area contributed by atoms with Gasteiger partial charge < -0.3 is 4.90 Å². The molecule has 0 N–H and O–H groups in total. The summed E-state index contributed by atoms with van der Waals surface area (Å²) in [4.78, 5) is 14.4. The maximum absolute atomic E-state index is 13.0. The van der Waals surface area contributed by atoms with Gasteiger partial charge in [-0.15, -0.1) is 21.5 Å². The van der Waals surface area contributed by atoms with Gasteiger partial charge in [-0.1, -0.05) is 25.7 Å². The Morgan fingerprint density at radius 2 is 1.77 bits per heavy atom. The van der Waals surface area contributed by atoms with Gasteiger partial charge in [0.15, 0.2) is 0 Å². The van der Waals surface area contributed by atoms with Gasteiger partial charge in [-0.3, -0.25) is 4.79 Å². The SMILES string of the molecule is O=C(c1ccc(F)cc1)N1CCC(c2nnc(CC3CCCC3)s2)CC1. The van der Waals surface area contributed by atoms with E-state index in [1.165, 1.54) is 42.8 Å². The van der Waals surface area contributed by atoms with Gasteiger partial charge in [0.25, 0.3) is 5.91 Å². The van der Waals surface area contributed by atoms with E-state index in [1.807, 2.05) is 4.90 Å². The second kappa shape index (κ2) is 7.82. The Kier molecular flexibility index (Phi) is 5.29. The number of aromatic nitrogens is 2. The minimum atomic E-state index is -0.315. The van der Waals surface area contributed by atoms with Crippen LogP contribution in [0.5, 0.6) is 0 Å². The van der Waals surface area contributed by atoms with Crippen molar-refractivity contribution >= 4 is 17.2 Å². The minimum Gasteiger partial charge on any atom is -0.339 e. The lowest BCUT2D eigenvalue weighted by atomic mass is 9.97. The summed E-state index contributed by atoms with van der Waals surface area (Å²) in [6, 6.07) is 5.80. The largest absolute Gasteiger partial charge is 0.339 e. The van der Waals surface area contributed by atoms with E-state index in [4.69, 9.17) is 0 Å². The molecule has 4 rings (SSSR count). The molecule has 0 atom stereocenters. The highest BCUT2D eigenvalue weighted by Crippen LogP contribution is 2.33. The third kappa shape index (κ3) is 3.95. The molecule has 2 aromatic rings. The second-order valence-electron chi connectivity index (χ2n) is 7.46. The van der Waals surface area contributed by atoms with Crippen molar-refractivity contribution in [2.24, 2.45) is 5.92 Å². The molecule has 1 saturated carbocycles. The Hall–Kier alpha value is -1.82. The van der Waals surface area contributed by atoms with E-state index in [0.717, 1.165) is 43.3 Å². The van der Waals surface area contributed by atoms with Crippen molar-refractivity contribution in [1.82, 2.24) is 15.1 Å². The van der Waals surface area contributed by atoms with Crippen LogP contribution in [0.4, 0.5) is 4.39 Å². The highest BCUT2D eigenvalue weighted by atomic mass is 32.1. The van der Waals surface area contributed by atoms with Crippen LogP contribution in [0.25, 0.3) is 0 Å². The third-order valence-corrected chi connectivity index (χ3v) is 6.75. The molecule has 1 aliphatic heterocycles. The van der Waals surface area contributed by atoms with Crippen LogP contribution in [-0.4, -0.2) is 34.1 Å². The lowest BCUT2D eigenvalue weighted by Gasteiger charge is -2.31. The zero-order valence-corrected chi connectivity index (χ0v) is 15.7. The molecule has 1 amide bonds. The standard InChI is InChI=1S/C20H24FN3OS/c21-17-7-5-16(6-8-17)20(25)24-11-9-15(10-12-24)19-23-22-18(26-19)13-14-3-1-2-4-14/h5-8,14-15H,1-4,9-13H2. The van der Waals surface area contributed by atoms with Crippen molar-refractivity contribution in [2.75, 3.05) is 13.1 Å². The maximum Gasteiger partial charge on any atom is 0.253 e. The molecular weight excluding hydrogens is 349 g/mol. The summed E-state index contributed by atoms with van der Waals surface area (Å²) < 4.78 is 13.0. The number of amides is 1. The van der Waals surface area contributed by atoms with Crippen molar-refractivity contribution in [3.63, 3.8) is 0 Å². The number of likely N-dealkylation sites (tertiary alicyclic amines) is 1. The van der Waals surface area contributed by atoms with Crippen molar-refractivity contribution in [2.45, 2.75) is 50.9 Å². The topological polar surface area (TPSA) is 46.1 Å². The highest BCUT2D eigenvalue weighted by Gasteiger charge is 2.27. The van der Waals surface area contributed by atoms with Crippen LogP contribution in [0.15, 0.2) is 24.3 Å². The van der Waals surface area contributed by atoms with E-state index in [0.29, 0.717) is 11.5 Å². The normalized spacial score (nSPS) is 19.2. The van der Waals surface area contributed by atoms with Gasteiger partial charge in [0.05, 0.1) is 0 Å². The average Bonchev–Trinajstić information content (AvgIpc) is 3.35. The molecule has 26 heavy (non-hydrogen) atoms. The fraction of sp³-hybridized carbons (Fsp3) is 0.550. The van der Waals surface area contributed by atoms with E-state index in [-0.39, 0.29) is 11.7 Å². The zero-order chi connectivity index (χ0) is 17.9. The molecule has 0 bridgehead atoms. The molecule has 4 nitrogen and oxygen atoms in total. The van der Waals surface area contributed by atoms with E-state index in [1.54, 1.807) is 23.5 Å². The molecule has 6 heteroatoms. The quantitative estimate of drug-likeness (QED) is 0.796. The Labute approximate surface area is 157 Å². The predicted octanol–water partition coefficient (Wildman–Crippen LogP) is 4.43. The van der Waals surface area contributed by atoms with Crippen LogP contribution in [0.1, 0.15) is 64.8 Å². The zero-order valence-electron chi connectivity index (χ0n) is 14.9. The summed E-state index contributed by atoms with van der Waals surface area (Å²) in [5.41, 5.74) is 0.555. The van der Waals surface area contributed by atoms with Crippen molar-refractivity contribution < 1.29 is 9.18 Å². The van der Waals surface area contributed by atoms with Gasteiger partial charge in [-0.25, -0.2) is 4.39 Å². The molecule has 2 heterocycles. The molecule has 2 fully saturated rings. The average molecular weight is 373 g/mol. The van der Waals surface area contributed by atoms with E-state index in [2.05, 4.69) is 10.2 Å². The summed E-state index contributed by atoms with van der Waals surface area (Å²) in [6.45, 7) is 1.44. The first-order valence-corrected chi connectivity index (χ1v) is 10.4. The predicted molar refractivity (Wildman–Crippen MR) is 99.8 cm³/mol. The highest BCUT2D eigenvalue weighted by molar-refractivity contribution is 7.11. The second-order valence-corrected chi connectivity index (χ2v) is 8.56. The fourth-order valence-corrected chi connectivity index (χ4v) is 5.21. The van der Waals surface area contributed by atoms with Gasteiger partial charge in [-0.05, 0) is 43.0 Å². The van der Waals surface area contributed by atoms with Gasteiger partial charge >= 0.3 is 0 Å². The monoisotopic (exact) mass is 373 g/mol. The number of hydrogen-bond acceptors (Lipinski definition) is 4. The van der Waals surface area contributed by atoms with Crippen LogP contribution in [0, 0.1) is 11.7 Å². The molecule has 1 saturated heterocycles. The molecule has 0 spiro atoms. The maximum atomic E-state index is 13.0. The number of piperidine rings is 1. The molecular formula is C20H24FN3OS. The summed E-state index contributed by atoms with van der Waals surface area (Å²) in [7, 11) is 0. The summed E-state index contributed by atoms with van der Waals surface area (Å²) in [5, 5.41) is 11.2. The van der Waals surface area contributed by atoms with Crippen LogP contribution in [-0.2, 0) is 6.42 Å². The molecule has 0 unspecified atom stereocenters. The first kappa shape index (κ1) is 17.6. The number of benzene rings is 1. The van der Waals surface area contributed by atoms with E-state index < -0.39 is 0 Å². The van der Waals surface area contributed by atoms with Crippen LogP contribution >= 0.6 is 11.3 Å². The van der Waals surface area contributed by atoms with Crippen molar-refractivity contribution in [3.05, 3.63) is 45.7 Å². The van der Waals surface area contributed by atoms with Gasteiger partial charge in [0.2, 0.25) is 0 Å². The molecule has 2 aliphatic rings. The fourth-order valence-electron chi connectivity index (χ4n) is 4.08. The minimum absolute atomic E-state index is 0.0114. The van der Waals surface area contributed by atoms with Crippen LogP contribution in [0.3, 0.4) is 0 Å². The molecule has 1 aromatic carbocycles. The number of nitrogens with zero attached hydrogens (tertiary/aromatic N) is 3. The molecule has 138 valence electrons. The molecule has 0 radical (unpaired) electrons. The van der Waals surface area contributed by atoms with E-state index in [9.17, 15) is 9.18 Å². The van der Waals surface area contributed by atoms with Gasteiger partial charge in [0.1, 0.15) is 15.8 Å². The lowest BCUT2D eigenvalue weighted by Crippen LogP contribution is -2.37. The number of hydrogen-bond donors (Lipinski definition) is 0. The number of carbonyl (C=O) groups is 1. The summed E-state index contributed by atoms with van der Waals surface area (Å²) in [6.07, 6.45) is 8.31. The lowest BCUT2D eigenvalue weighted by molar-refractivity contribution is 0.0713. The van der Waals surface area contributed by atoms with Crippen LogP contribution < -0.4 is 0 Å². The Bertz CT molecular complexity index is 747. The summed E-state index contributed by atoms with van der Waals surface area (Å²) >= 11 is 1.77. The van der Waals surface area contributed by atoms with Crippen LogP contribution in [0.2, 0.25) is 0 Å². The van der Waals surface area contributed by atoms with E-state index >= 15 is 0 Å². The number of carbonyl (C=O) groups excluding carboxylic acids is 1. The first-order valence-electron chi connectivity index (χ1n) is 9.56. The van der Waals surface area contributed by atoms with Gasteiger partial charge in [0, 0.05) is 31.0 Å². The molecule has 1 aliphatic carbocycles. The summed E-state index contributed by atoms with van der Waals surface area (Å²) in [5.74, 6) is 0.876. The smallest absolute Gasteiger partial charge is 0.253 e. The van der Waals surface area contributed by atoms with Gasteiger partial charge in [-0.2, -0.15) is 0 Å². The number of rotatable bonds is 4. The molecule has 1 aromatic heterocycles. The third-order valence-electron chi connectivity index (χ3n) is 5.64. The van der Waals surface area contributed by atoms with Crippen molar-refractivity contribution in [1.29, 1.82) is 0 Å². The Morgan fingerprint density at radius 1 is 1.08 bits per heavy atom. The number of halogens is 1. The van der Waals surface area contributed by atoms with Crippen molar-refractivity contribution in [3.8, 4) is 0 Å². The Morgan fingerprint density at radius 3 is 2.46 bits per heavy atom.